The smallest absolute Gasteiger partial charge is 0.272 e. The minimum absolute atomic E-state index is 0.0302. The van der Waals surface area contributed by atoms with Crippen LogP contribution in [0.25, 0.3) is 16.3 Å². The summed E-state index contributed by atoms with van der Waals surface area (Å²) in [6.07, 6.45) is 5.15. The van der Waals surface area contributed by atoms with E-state index in [1.807, 2.05) is 41.2 Å². The number of amides is 1. The standard InChI is InChI=1S/C19H17N3O3S2/c1-26-12-11-21-16-9-8-15(22(24)25)13-17(16)27-19(21)20-18(23)10-7-14-5-3-2-4-6-14/h2-10,13H,11-12H2,1H3/b10-7+,20-19?. The summed E-state index contributed by atoms with van der Waals surface area (Å²) in [4.78, 5) is 27.6. The van der Waals surface area contributed by atoms with Gasteiger partial charge in [0.05, 0.1) is 15.1 Å². The van der Waals surface area contributed by atoms with Crippen molar-refractivity contribution in [3.05, 3.63) is 75.1 Å². The van der Waals surface area contributed by atoms with Gasteiger partial charge < -0.3 is 4.57 Å². The number of carbonyl (C=O) groups excluding carboxylic acids is 1. The molecule has 1 aromatic heterocycles. The highest BCUT2D eigenvalue weighted by molar-refractivity contribution is 7.98. The summed E-state index contributed by atoms with van der Waals surface area (Å²) in [7, 11) is 0. The molecule has 0 aliphatic heterocycles. The van der Waals surface area contributed by atoms with Crippen LogP contribution in [0.4, 0.5) is 5.69 Å². The van der Waals surface area contributed by atoms with Crippen LogP contribution in [0.1, 0.15) is 5.56 Å². The average Bonchev–Trinajstić information content (AvgIpc) is 3.01. The maximum Gasteiger partial charge on any atom is 0.272 e. The van der Waals surface area contributed by atoms with Crippen molar-refractivity contribution < 1.29 is 9.72 Å². The zero-order chi connectivity index (χ0) is 19.2. The molecule has 1 heterocycles. The van der Waals surface area contributed by atoms with Gasteiger partial charge in [-0.15, -0.1) is 0 Å². The van der Waals surface area contributed by atoms with Crippen molar-refractivity contribution in [3.63, 3.8) is 0 Å². The number of benzene rings is 2. The second-order valence-corrected chi connectivity index (χ2v) is 7.63. The first-order valence-electron chi connectivity index (χ1n) is 8.17. The highest BCUT2D eigenvalue weighted by Gasteiger charge is 2.12. The second-order valence-electron chi connectivity index (χ2n) is 5.63. The quantitative estimate of drug-likeness (QED) is 0.355. The number of thiazole rings is 1. The summed E-state index contributed by atoms with van der Waals surface area (Å²) in [5.41, 5.74) is 1.80. The molecule has 0 aliphatic carbocycles. The summed E-state index contributed by atoms with van der Waals surface area (Å²) < 4.78 is 2.68. The van der Waals surface area contributed by atoms with Gasteiger partial charge in [-0.1, -0.05) is 41.7 Å². The fraction of sp³-hybridized carbons (Fsp3) is 0.158. The number of nitro benzene ring substituents is 1. The van der Waals surface area contributed by atoms with Crippen LogP contribution < -0.4 is 4.80 Å². The van der Waals surface area contributed by atoms with Gasteiger partial charge >= 0.3 is 0 Å². The number of nitrogens with zero attached hydrogens (tertiary/aromatic N) is 3. The molecule has 0 saturated heterocycles. The number of hydrogen-bond donors (Lipinski definition) is 0. The van der Waals surface area contributed by atoms with Crippen LogP contribution in [-0.2, 0) is 11.3 Å². The number of hydrogen-bond acceptors (Lipinski definition) is 5. The van der Waals surface area contributed by atoms with Gasteiger partial charge in [0.2, 0.25) is 0 Å². The van der Waals surface area contributed by atoms with Crippen LogP contribution in [0.2, 0.25) is 0 Å². The molecular weight excluding hydrogens is 382 g/mol. The number of thioether (sulfide) groups is 1. The maximum absolute atomic E-state index is 12.3. The number of carbonyl (C=O) groups is 1. The lowest BCUT2D eigenvalue weighted by molar-refractivity contribution is -0.384. The third kappa shape index (κ3) is 4.72. The summed E-state index contributed by atoms with van der Waals surface area (Å²) in [5, 5.41) is 11.0. The summed E-state index contributed by atoms with van der Waals surface area (Å²) in [5.74, 6) is 0.488. The molecule has 6 nitrogen and oxygen atoms in total. The molecule has 1 amide bonds. The molecule has 0 bridgehead atoms. The van der Waals surface area contributed by atoms with Gasteiger partial charge in [-0.05, 0) is 24.0 Å². The predicted octanol–water partition coefficient (Wildman–Crippen LogP) is 4.11. The first-order valence-corrected chi connectivity index (χ1v) is 10.4. The summed E-state index contributed by atoms with van der Waals surface area (Å²) in [6, 6.07) is 14.2. The lowest BCUT2D eigenvalue weighted by Gasteiger charge is -2.03. The van der Waals surface area contributed by atoms with Gasteiger partial charge in [-0.2, -0.15) is 16.8 Å². The van der Waals surface area contributed by atoms with Crippen LogP contribution in [0.3, 0.4) is 0 Å². The molecule has 2 aromatic carbocycles. The zero-order valence-electron chi connectivity index (χ0n) is 14.6. The molecule has 3 rings (SSSR count). The summed E-state index contributed by atoms with van der Waals surface area (Å²) >= 11 is 2.97. The third-order valence-corrected chi connectivity index (χ3v) is 5.45. The largest absolute Gasteiger partial charge is 0.315 e. The Morgan fingerprint density at radius 2 is 2.07 bits per heavy atom. The van der Waals surface area contributed by atoms with Gasteiger partial charge in [0.1, 0.15) is 0 Å². The number of aromatic nitrogens is 1. The molecule has 0 atom stereocenters. The molecule has 138 valence electrons. The van der Waals surface area contributed by atoms with Crippen molar-refractivity contribution in [2.45, 2.75) is 6.54 Å². The molecular formula is C19H17N3O3S2. The Morgan fingerprint density at radius 1 is 1.30 bits per heavy atom. The van der Waals surface area contributed by atoms with Crippen LogP contribution in [0.15, 0.2) is 59.6 Å². The van der Waals surface area contributed by atoms with E-state index in [1.165, 1.54) is 29.5 Å². The van der Waals surface area contributed by atoms with Crippen molar-refractivity contribution in [1.29, 1.82) is 0 Å². The number of nitro groups is 1. The Balaban J connectivity index is 2.00. The lowest BCUT2D eigenvalue weighted by atomic mass is 10.2. The lowest BCUT2D eigenvalue weighted by Crippen LogP contribution is -2.17. The Hall–Kier alpha value is -2.71. The molecule has 3 aromatic rings. The SMILES string of the molecule is CSCCn1c(=NC(=O)/C=C/c2ccccc2)sc2cc([N+](=O)[O-])ccc21. The first-order chi connectivity index (χ1) is 13.1. The highest BCUT2D eigenvalue weighted by atomic mass is 32.2. The summed E-state index contributed by atoms with van der Waals surface area (Å²) in [6.45, 7) is 0.674. The molecule has 27 heavy (non-hydrogen) atoms. The minimum Gasteiger partial charge on any atom is -0.315 e. The van der Waals surface area contributed by atoms with Crippen LogP contribution >= 0.6 is 23.1 Å². The molecule has 0 unspecified atom stereocenters. The molecule has 0 saturated carbocycles. The van der Waals surface area contributed by atoms with E-state index in [9.17, 15) is 14.9 Å². The zero-order valence-corrected chi connectivity index (χ0v) is 16.2. The molecule has 0 radical (unpaired) electrons. The van der Waals surface area contributed by atoms with Crippen molar-refractivity contribution in [1.82, 2.24) is 4.57 Å². The van der Waals surface area contributed by atoms with E-state index in [1.54, 1.807) is 23.9 Å². The van der Waals surface area contributed by atoms with E-state index in [0.717, 1.165) is 21.5 Å². The first kappa shape index (κ1) is 19.1. The van der Waals surface area contributed by atoms with E-state index < -0.39 is 4.92 Å². The minimum atomic E-state index is -0.421. The topological polar surface area (TPSA) is 77.5 Å². The van der Waals surface area contributed by atoms with Crippen molar-refractivity contribution in [3.8, 4) is 0 Å². The molecule has 8 heteroatoms. The third-order valence-electron chi connectivity index (χ3n) is 3.82. The molecule has 0 spiro atoms. The van der Waals surface area contributed by atoms with Crippen LogP contribution in [0, 0.1) is 10.1 Å². The van der Waals surface area contributed by atoms with Gasteiger partial charge in [-0.3, -0.25) is 14.9 Å². The van der Waals surface area contributed by atoms with Crippen molar-refractivity contribution >= 4 is 51.0 Å². The van der Waals surface area contributed by atoms with Crippen LogP contribution in [0.5, 0.6) is 0 Å². The molecule has 0 aliphatic rings. The second kappa shape index (κ2) is 8.79. The predicted molar refractivity (Wildman–Crippen MR) is 111 cm³/mol. The number of fused-ring (bicyclic) bond motifs is 1. The Morgan fingerprint density at radius 3 is 2.78 bits per heavy atom. The molecule has 0 N–H and O–H groups in total. The van der Waals surface area contributed by atoms with Crippen molar-refractivity contribution in [2.24, 2.45) is 4.99 Å². The Labute approximate surface area is 164 Å². The molecule has 0 fully saturated rings. The highest BCUT2D eigenvalue weighted by Crippen LogP contribution is 2.23. The maximum atomic E-state index is 12.3. The monoisotopic (exact) mass is 399 g/mol. The van der Waals surface area contributed by atoms with E-state index >= 15 is 0 Å². The van der Waals surface area contributed by atoms with Crippen molar-refractivity contribution in [2.75, 3.05) is 12.0 Å². The van der Waals surface area contributed by atoms with Gasteiger partial charge in [0, 0.05) is 30.5 Å². The number of aryl methyl sites for hydroxylation is 1. The average molecular weight is 399 g/mol. The van der Waals surface area contributed by atoms with E-state index in [-0.39, 0.29) is 11.6 Å². The van der Waals surface area contributed by atoms with Gasteiger partial charge in [0.25, 0.3) is 11.6 Å². The number of non-ortho nitro benzene ring substituents is 1. The number of rotatable bonds is 6. The van der Waals surface area contributed by atoms with Gasteiger partial charge in [0.15, 0.2) is 4.80 Å². The van der Waals surface area contributed by atoms with Crippen LogP contribution in [-0.4, -0.2) is 27.4 Å². The Bertz CT molecular complexity index is 1070. The fourth-order valence-corrected chi connectivity index (χ4v) is 3.98. The van der Waals surface area contributed by atoms with E-state index in [0.29, 0.717) is 11.3 Å². The van der Waals surface area contributed by atoms with E-state index in [2.05, 4.69) is 4.99 Å². The van der Waals surface area contributed by atoms with Gasteiger partial charge in [-0.25, -0.2) is 0 Å². The fourth-order valence-electron chi connectivity index (χ4n) is 2.52. The normalized spacial score (nSPS) is 12.1. The Kier molecular flexibility index (Phi) is 6.20. The van der Waals surface area contributed by atoms with E-state index in [4.69, 9.17) is 0 Å².